The third-order valence-corrected chi connectivity index (χ3v) is 19.5. The van der Waals surface area contributed by atoms with Gasteiger partial charge < -0.3 is 34.7 Å². The van der Waals surface area contributed by atoms with E-state index in [0.29, 0.717) is 68.0 Å². The van der Waals surface area contributed by atoms with Crippen molar-refractivity contribution >= 4 is 76.9 Å². The smallest absolute Gasteiger partial charge is 0.410 e. The number of rotatable bonds is 33. The largest absolute Gasteiger partial charge is 0.438 e. The van der Waals surface area contributed by atoms with Crippen LogP contribution in [0, 0.1) is 16.7 Å². The molecule has 3 heterocycles. The van der Waals surface area contributed by atoms with Crippen LogP contribution in [-0.2, 0) is 121 Å². The first-order valence-corrected chi connectivity index (χ1v) is 34.5. The first kappa shape index (κ1) is 74.9. The maximum absolute atomic E-state index is 16.3. The number of primary amides is 1. The van der Waals surface area contributed by atoms with Crippen molar-refractivity contribution in [3.05, 3.63) is 140 Å². The molecule has 22 nitrogen and oxygen atoms in total. The number of nitrogens with two attached hydrogens (primary N) is 1. The number of carbonyl (C=O) groups excluding carboxylic acids is 8. The molecule has 1 aromatic heterocycles. The lowest BCUT2D eigenvalue weighted by Crippen LogP contribution is -2.54. The van der Waals surface area contributed by atoms with Crippen molar-refractivity contribution in [1.29, 1.82) is 0 Å². The number of ether oxygens (including phenoxy) is 5. The Morgan fingerprint density at radius 3 is 1.96 bits per heavy atom. The molecule has 0 bridgehead atoms. The van der Waals surface area contributed by atoms with Crippen LogP contribution in [0.15, 0.2) is 95.8 Å². The number of allylic oxidation sites excluding steroid dienone is 2. The molecule has 1 unspecified atom stereocenters. The van der Waals surface area contributed by atoms with Gasteiger partial charge in [-0.1, -0.05) is 72.8 Å². The number of imidazole rings is 1. The number of halogens is 2. The number of anilines is 1. The molecule has 3 N–H and O–H groups in total. The van der Waals surface area contributed by atoms with Gasteiger partial charge in [0.05, 0.1) is 72.0 Å². The molecule has 25 heteroatoms. The van der Waals surface area contributed by atoms with Crippen LogP contribution in [0.4, 0.5) is 14.5 Å². The summed E-state index contributed by atoms with van der Waals surface area (Å²) in [5.74, 6) is -4.70. The van der Waals surface area contributed by atoms with E-state index in [0.717, 1.165) is 71.1 Å². The average Bonchev–Trinajstić information content (AvgIpc) is 1.66. The van der Waals surface area contributed by atoms with Crippen molar-refractivity contribution in [1.82, 2.24) is 14.5 Å². The van der Waals surface area contributed by atoms with Gasteiger partial charge in [0.2, 0.25) is 31.3 Å². The predicted molar refractivity (Wildman–Crippen MR) is 357 cm³/mol. The summed E-state index contributed by atoms with van der Waals surface area (Å²) in [6.45, 7) is 12.3. The van der Waals surface area contributed by atoms with E-state index in [1.807, 2.05) is 60.7 Å². The number of aromatic nitrogens is 2. The minimum atomic E-state index is -5.59. The molecule has 5 atom stereocenters. The summed E-state index contributed by atoms with van der Waals surface area (Å²) in [7, 11) is -3.90. The van der Waals surface area contributed by atoms with E-state index in [1.54, 1.807) is 25.5 Å². The summed E-state index contributed by atoms with van der Waals surface area (Å²) in [6, 6.07) is 21.6. The lowest BCUT2D eigenvalue weighted by atomic mass is 9.92. The zero-order valence-corrected chi connectivity index (χ0v) is 57.6. The van der Waals surface area contributed by atoms with Crippen LogP contribution >= 0.6 is 7.60 Å². The molecular weight excluding hydrogens is 1280 g/mol. The van der Waals surface area contributed by atoms with E-state index in [9.17, 15) is 47.7 Å². The molecule has 0 radical (unpaired) electrons. The van der Waals surface area contributed by atoms with Gasteiger partial charge in [-0.25, -0.2) is 4.79 Å². The van der Waals surface area contributed by atoms with Crippen LogP contribution in [0.2, 0.25) is 0 Å². The first-order valence-electron chi connectivity index (χ1n) is 32.9. The Kier molecular flexibility index (Phi) is 25.2. The second-order valence-corrected chi connectivity index (χ2v) is 29.3. The first-order chi connectivity index (χ1) is 45.9. The molecule has 8 rings (SSSR count). The molecule has 524 valence electrons. The van der Waals surface area contributed by atoms with Gasteiger partial charge in [-0.3, -0.25) is 66.0 Å². The third kappa shape index (κ3) is 19.1. The van der Waals surface area contributed by atoms with Crippen molar-refractivity contribution in [3.63, 3.8) is 0 Å². The number of fused-ring (bicyclic) bond motifs is 1. The molecule has 97 heavy (non-hydrogen) atoms. The molecule has 3 amide bonds. The number of esters is 2. The van der Waals surface area contributed by atoms with Gasteiger partial charge in [-0.2, -0.15) is 8.78 Å². The zero-order valence-electron chi connectivity index (χ0n) is 56.8. The highest BCUT2D eigenvalue weighted by molar-refractivity contribution is 7.54. The molecule has 1 saturated carbocycles. The lowest BCUT2D eigenvalue weighted by molar-refractivity contribution is -0.163. The molecule has 0 saturated heterocycles. The minimum Gasteiger partial charge on any atom is -0.438 e. The Bertz CT molecular complexity index is 3810. The summed E-state index contributed by atoms with van der Waals surface area (Å²) >= 11 is 0. The SMILES string of the molecule is C/C(=C\C(=O)C[C@H]1CCc2cccc3c2N(C1=O)[C@H](C(=O)N[C@@H](CCC(N)=O)[C@@H](C)OCc1ccc(CCCOCCOCCCc2ccc4c(c2)n(C)c(=O)n4C2CCC(=O)CC2=O)cc1)C3)c1ccc(C(F)(F)P(=O)(OCOC(=O)C(C)(C)C)OCOC(=O)C(C)(C)C)cc1. The number of nitrogens with zero attached hydrogens (tertiary/aromatic N) is 3. The Morgan fingerprint density at radius 1 is 0.753 bits per heavy atom. The van der Waals surface area contributed by atoms with E-state index < -0.39 is 109 Å². The fourth-order valence-corrected chi connectivity index (χ4v) is 13.2. The van der Waals surface area contributed by atoms with Gasteiger partial charge in [-0.05, 0) is 164 Å². The van der Waals surface area contributed by atoms with Crippen molar-refractivity contribution in [2.45, 2.75) is 175 Å². The van der Waals surface area contributed by atoms with E-state index in [1.165, 1.54) is 69.2 Å². The normalized spacial score (nSPS) is 17.6. The second-order valence-electron chi connectivity index (χ2n) is 27.2. The van der Waals surface area contributed by atoms with Gasteiger partial charge in [-0.15, -0.1) is 0 Å². The number of carbonyl (C=O) groups is 8. The maximum atomic E-state index is 16.3. The number of hydrogen-bond donors (Lipinski definition) is 2. The Morgan fingerprint density at radius 2 is 1.35 bits per heavy atom. The Balaban J connectivity index is 0.797. The van der Waals surface area contributed by atoms with Crippen LogP contribution < -0.4 is 21.6 Å². The fraction of sp³-hybridized carbons (Fsp3) is 0.514. The molecular formula is C72H90F2N5O17P. The molecule has 3 aliphatic rings. The standard InChI is InChI=1S/C72H90F2N5O17P/c1-45(50-24-26-54(27-25-50)72(73,74)97(89,95-43-93-67(86)70(3,4)5)96-44-94-68(87)71(6,7)8)37-56(81)39-53-23-22-51-15-10-16-52-40-61(79(64(51)52)66(53)85)65(84)76-57(29-32-63(75)83)46(2)92-42-49-19-17-47(18-20-49)13-11-33-90-35-36-91-34-12-14-48-21-30-58-60(38-48)77(9)69(88)78(58)59-31-28-55(80)41-62(59)82/h10,15-21,24-27,30,37-38,46,53,57,59,61H,11-14,22-23,28-29,31-36,39-44H2,1-9H3,(H2,75,83)(H,76,84)/b45-37+/t46-,53-,57+,59?,61+/m1/s1. The topological polar surface area (TPSA) is 286 Å². The summed E-state index contributed by atoms with van der Waals surface area (Å²) in [5.41, 5.74) is 5.48. The molecule has 2 aliphatic heterocycles. The second kappa shape index (κ2) is 32.7. The number of ketones is 3. The summed E-state index contributed by atoms with van der Waals surface area (Å²) in [6.07, 6.45) is 5.11. The lowest BCUT2D eigenvalue weighted by Gasteiger charge is -2.31. The summed E-state index contributed by atoms with van der Waals surface area (Å²) in [5, 5.41) is 3.08. The van der Waals surface area contributed by atoms with Crippen molar-refractivity contribution in [2.75, 3.05) is 44.9 Å². The fourth-order valence-electron chi connectivity index (χ4n) is 12.0. The highest BCUT2D eigenvalue weighted by Gasteiger charge is 2.56. The monoisotopic (exact) mass is 1370 g/mol. The van der Waals surface area contributed by atoms with Crippen LogP contribution in [-0.4, -0.2) is 114 Å². The van der Waals surface area contributed by atoms with E-state index >= 15 is 8.78 Å². The van der Waals surface area contributed by atoms with Gasteiger partial charge >= 0.3 is 30.9 Å². The van der Waals surface area contributed by atoms with Gasteiger partial charge in [0.1, 0.15) is 11.8 Å². The van der Waals surface area contributed by atoms with Gasteiger partial charge in [0.25, 0.3) is 0 Å². The Labute approximate surface area is 563 Å². The number of aryl methyl sites for hydroxylation is 4. The number of nitrogens with one attached hydrogen (secondary N) is 1. The summed E-state index contributed by atoms with van der Waals surface area (Å²) < 4.78 is 87.4. The molecule has 5 aromatic rings. The molecule has 4 aromatic carbocycles. The number of hydrogen-bond acceptors (Lipinski definition) is 17. The minimum absolute atomic E-state index is 0.0447. The van der Waals surface area contributed by atoms with E-state index in [-0.39, 0.29) is 62.4 Å². The molecule has 0 spiro atoms. The number of alkyl halides is 2. The van der Waals surface area contributed by atoms with Crippen molar-refractivity contribution in [2.24, 2.45) is 29.5 Å². The van der Waals surface area contributed by atoms with Crippen LogP contribution in [0.25, 0.3) is 16.6 Å². The van der Waals surface area contributed by atoms with Crippen LogP contribution in [0.1, 0.15) is 158 Å². The van der Waals surface area contributed by atoms with E-state index in [2.05, 4.69) is 5.32 Å². The van der Waals surface area contributed by atoms with Gasteiger partial charge in [0, 0.05) is 57.4 Å². The Hall–Kier alpha value is -7.86. The zero-order chi connectivity index (χ0) is 70.6. The number of para-hydroxylation sites is 1. The molecule has 1 aliphatic carbocycles. The molecule has 1 fully saturated rings. The number of benzene rings is 4. The van der Waals surface area contributed by atoms with Crippen molar-refractivity contribution < 1.29 is 84.4 Å². The quantitative estimate of drug-likeness (QED) is 0.00986. The third-order valence-electron chi connectivity index (χ3n) is 17.6. The van der Waals surface area contributed by atoms with E-state index in [4.69, 9.17) is 38.5 Å². The number of amides is 3. The van der Waals surface area contributed by atoms with Crippen molar-refractivity contribution in [3.8, 4) is 0 Å². The maximum Gasteiger partial charge on any atom is 0.410 e. The van der Waals surface area contributed by atoms with Crippen LogP contribution in [0.3, 0.4) is 0 Å². The predicted octanol–water partition coefficient (Wildman–Crippen LogP) is 10.4. The van der Waals surface area contributed by atoms with Crippen LogP contribution in [0.5, 0.6) is 0 Å². The number of Topliss-reactive ketones (excluding diaryl/α,β-unsaturated/α-hetero) is 2. The highest BCUT2D eigenvalue weighted by atomic mass is 31.2. The van der Waals surface area contributed by atoms with Gasteiger partial charge in [0.15, 0.2) is 11.6 Å². The highest BCUT2D eigenvalue weighted by Crippen LogP contribution is 2.67. The average molecular weight is 1370 g/mol. The summed E-state index contributed by atoms with van der Waals surface area (Å²) in [4.78, 5) is 119.